The largest absolute Gasteiger partial charge is 0.373 e. The van der Waals surface area contributed by atoms with Gasteiger partial charge in [0.05, 0.1) is 5.56 Å². The third-order valence-electron chi connectivity index (χ3n) is 3.95. The molecule has 0 aliphatic rings. The molecule has 122 valence electrons. The van der Waals surface area contributed by atoms with Crippen molar-refractivity contribution in [2.45, 2.75) is 0 Å². The highest BCUT2D eigenvalue weighted by Gasteiger charge is 2.14. The lowest BCUT2D eigenvalue weighted by molar-refractivity contribution is 0.432. The molecule has 0 atom stereocenters. The van der Waals surface area contributed by atoms with E-state index in [4.69, 9.17) is 4.52 Å². The minimum atomic E-state index is 0.487. The molecular formula is C20H16N4O. The first kappa shape index (κ1) is 15.1. The Morgan fingerprint density at radius 1 is 0.800 bits per heavy atom. The van der Waals surface area contributed by atoms with Gasteiger partial charge in [-0.3, -0.25) is 0 Å². The monoisotopic (exact) mass is 328 g/mol. The van der Waals surface area contributed by atoms with E-state index in [9.17, 15) is 0 Å². The maximum Gasteiger partial charge on any atom is 0.258 e. The number of aromatic nitrogens is 3. The molecule has 5 heteroatoms. The molecule has 0 spiro atoms. The topological polar surface area (TPSA) is 63.8 Å². The molecule has 1 N–H and O–H groups in total. The quantitative estimate of drug-likeness (QED) is 0.597. The smallest absolute Gasteiger partial charge is 0.258 e. The van der Waals surface area contributed by atoms with Gasteiger partial charge in [0.25, 0.3) is 5.89 Å². The number of hydrogen-bond acceptors (Lipinski definition) is 5. The molecule has 2 heterocycles. The van der Waals surface area contributed by atoms with Crippen LogP contribution in [0.3, 0.4) is 0 Å². The molecule has 0 saturated heterocycles. The summed E-state index contributed by atoms with van der Waals surface area (Å²) in [6.07, 6.45) is 1.72. The van der Waals surface area contributed by atoms with Crippen LogP contribution in [-0.2, 0) is 0 Å². The van der Waals surface area contributed by atoms with E-state index in [0.29, 0.717) is 17.5 Å². The highest BCUT2D eigenvalue weighted by atomic mass is 16.5. The highest BCUT2D eigenvalue weighted by molar-refractivity contribution is 5.71. The minimum absolute atomic E-state index is 0.487. The Morgan fingerprint density at radius 2 is 1.52 bits per heavy atom. The number of anilines is 1. The Balaban J connectivity index is 1.64. The summed E-state index contributed by atoms with van der Waals surface area (Å²) in [5, 5.41) is 7.12. The Hall–Kier alpha value is -3.47. The number of hydrogen-bond donors (Lipinski definition) is 1. The zero-order valence-electron chi connectivity index (χ0n) is 13.7. The Kier molecular flexibility index (Phi) is 3.96. The molecule has 0 aliphatic carbocycles. The van der Waals surface area contributed by atoms with Crippen LogP contribution in [0.15, 0.2) is 77.4 Å². The second-order valence-corrected chi connectivity index (χ2v) is 5.52. The van der Waals surface area contributed by atoms with Gasteiger partial charge in [-0.05, 0) is 35.4 Å². The predicted molar refractivity (Wildman–Crippen MR) is 97.9 cm³/mol. The van der Waals surface area contributed by atoms with E-state index in [1.165, 1.54) is 5.56 Å². The minimum Gasteiger partial charge on any atom is -0.373 e. The summed E-state index contributed by atoms with van der Waals surface area (Å²) in [5.41, 5.74) is 4.01. The van der Waals surface area contributed by atoms with E-state index < -0.39 is 0 Å². The van der Waals surface area contributed by atoms with Gasteiger partial charge in [-0.1, -0.05) is 47.6 Å². The highest BCUT2D eigenvalue weighted by Crippen LogP contribution is 2.27. The van der Waals surface area contributed by atoms with Gasteiger partial charge in [0.15, 0.2) is 0 Å². The summed E-state index contributed by atoms with van der Waals surface area (Å²) in [4.78, 5) is 8.77. The van der Waals surface area contributed by atoms with Crippen LogP contribution in [-0.4, -0.2) is 22.2 Å². The van der Waals surface area contributed by atoms with Crippen molar-refractivity contribution >= 4 is 5.82 Å². The van der Waals surface area contributed by atoms with Gasteiger partial charge in [0.1, 0.15) is 5.82 Å². The molecule has 0 unspecified atom stereocenters. The molecule has 4 rings (SSSR count). The predicted octanol–water partition coefficient (Wildman–Crippen LogP) is 4.51. The molecule has 0 amide bonds. The number of rotatable bonds is 4. The molecule has 0 radical (unpaired) electrons. The van der Waals surface area contributed by atoms with Crippen LogP contribution < -0.4 is 5.32 Å². The van der Waals surface area contributed by atoms with Crippen molar-refractivity contribution in [3.63, 3.8) is 0 Å². The van der Waals surface area contributed by atoms with Crippen molar-refractivity contribution in [2.75, 3.05) is 12.4 Å². The Labute approximate surface area is 145 Å². The van der Waals surface area contributed by atoms with E-state index in [2.05, 4.69) is 44.7 Å². The molecule has 0 fully saturated rings. The molecule has 0 saturated carbocycles. The maximum absolute atomic E-state index is 5.43. The van der Waals surface area contributed by atoms with Crippen molar-refractivity contribution in [1.29, 1.82) is 0 Å². The third-order valence-corrected chi connectivity index (χ3v) is 3.95. The van der Waals surface area contributed by atoms with Crippen LogP contribution in [0.5, 0.6) is 0 Å². The van der Waals surface area contributed by atoms with Crippen molar-refractivity contribution in [3.8, 4) is 34.0 Å². The lowest BCUT2D eigenvalue weighted by Crippen LogP contribution is -1.95. The summed E-state index contributed by atoms with van der Waals surface area (Å²) >= 11 is 0. The van der Waals surface area contributed by atoms with Crippen LogP contribution in [0.1, 0.15) is 0 Å². The summed E-state index contributed by atoms with van der Waals surface area (Å²) < 4.78 is 5.43. The number of nitrogens with one attached hydrogen (secondary N) is 1. The average Bonchev–Trinajstić information content (AvgIpc) is 3.19. The fourth-order valence-electron chi connectivity index (χ4n) is 2.67. The van der Waals surface area contributed by atoms with E-state index in [-0.39, 0.29) is 0 Å². The lowest BCUT2D eigenvalue weighted by atomic mass is 10.0. The van der Waals surface area contributed by atoms with Gasteiger partial charge in [-0.25, -0.2) is 4.98 Å². The SMILES string of the molecule is CNc1ncccc1-c1noc(-c2ccc(-c3ccccc3)cc2)n1. The number of nitrogens with zero attached hydrogens (tertiary/aromatic N) is 3. The van der Waals surface area contributed by atoms with E-state index in [1.54, 1.807) is 6.20 Å². The van der Waals surface area contributed by atoms with Gasteiger partial charge in [-0.2, -0.15) is 4.98 Å². The average molecular weight is 328 g/mol. The molecule has 4 aromatic rings. The number of benzene rings is 2. The van der Waals surface area contributed by atoms with Gasteiger partial charge in [0.2, 0.25) is 5.82 Å². The zero-order valence-corrected chi connectivity index (χ0v) is 13.7. The summed E-state index contributed by atoms with van der Waals surface area (Å²) in [5.74, 6) is 1.72. The normalized spacial score (nSPS) is 10.6. The van der Waals surface area contributed by atoms with Crippen LogP contribution in [0, 0.1) is 0 Å². The second-order valence-electron chi connectivity index (χ2n) is 5.52. The number of pyridine rings is 1. The van der Waals surface area contributed by atoms with Crippen molar-refractivity contribution < 1.29 is 4.52 Å². The molecular weight excluding hydrogens is 312 g/mol. The van der Waals surface area contributed by atoms with Gasteiger partial charge in [0, 0.05) is 18.8 Å². The van der Waals surface area contributed by atoms with Crippen molar-refractivity contribution in [3.05, 3.63) is 72.9 Å². The molecule has 25 heavy (non-hydrogen) atoms. The fourth-order valence-corrected chi connectivity index (χ4v) is 2.67. The Morgan fingerprint density at radius 3 is 2.28 bits per heavy atom. The Bertz CT molecular complexity index is 978. The van der Waals surface area contributed by atoms with E-state index in [0.717, 1.165) is 16.7 Å². The summed E-state index contributed by atoms with van der Waals surface area (Å²) in [6, 6.07) is 22.1. The van der Waals surface area contributed by atoms with E-state index in [1.807, 2.05) is 49.5 Å². The lowest BCUT2D eigenvalue weighted by Gasteiger charge is -2.02. The first-order valence-electron chi connectivity index (χ1n) is 7.98. The van der Waals surface area contributed by atoms with Crippen molar-refractivity contribution in [1.82, 2.24) is 15.1 Å². The first-order valence-corrected chi connectivity index (χ1v) is 7.98. The van der Waals surface area contributed by atoms with Gasteiger partial charge >= 0.3 is 0 Å². The molecule has 2 aromatic heterocycles. The second kappa shape index (κ2) is 6.57. The van der Waals surface area contributed by atoms with E-state index >= 15 is 0 Å². The fraction of sp³-hybridized carbons (Fsp3) is 0.0500. The summed E-state index contributed by atoms with van der Waals surface area (Å²) in [6.45, 7) is 0. The molecule has 0 bridgehead atoms. The van der Waals surface area contributed by atoms with Gasteiger partial charge in [-0.15, -0.1) is 0 Å². The van der Waals surface area contributed by atoms with Crippen LogP contribution in [0.2, 0.25) is 0 Å². The van der Waals surface area contributed by atoms with Crippen molar-refractivity contribution in [2.24, 2.45) is 0 Å². The third kappa shape index (κ3) is 2.99. The standard InChI is InChI=1S/C20H16N4O/c1-21-18-17(8-5-13-22-18)19-23-20(25-24-19)16-11-9-15(10-12-16)14-6-3-2-4-7-14/h2-13H,1H3,(H,21,22). The summed E-state index contributed by atoms with van der Waals surface area (Å²) in [7, 11) is 1.81. The molecule has 5 nitrogen and oxygen atoms in total. The van der Waals surface area contributed by atoms with Crippen LogP contribution in [0.25, 0.3) is 34.0 Å². The maximum atomic E-state index is 5.43. The molecule has 2 aromatic carbocycles. The van der Waals surface area contributed by atoms with Crippen LogP contribution >= 0.6 is 0 Å². The first-order chi connectivity index (χ1) is 12.3. The zero-order chi connectivity index (χ0) is 17.1. The van der Waals surface area contributed by atoms with Gasteiger partial charge < -0.3 is 9.84 Å². The molecule has 0 aliphatic heterocycles. The van der Waals surface area contributed by atoms with Crippen LogP contribution in [0.4, 0.5) is 5.82 Å².